The average Bonchev–Trinajstić information content (AvgIpc) is 3.36. The topological polar surface area (TPSA) is 96.8 Å². The standard InChI is InChI=1S/C28H28N2O5S/c1-6-35-26(34)24-16(2)29-27(36-24)30-21(17-12-14-19(15-13-17)28(3,4)5)20(23(32)25(30)33)22(31)18-10-8-7-9-11-18/h7-15,21,31H,6H2,1-5H3/b22-20+. The van der Waals surface area contributed by atoms with Crippen molar-refractivity contribution in [1.82, 2.24) is 4.98 Å². The van der Waals surface area contributed by atoms with Gasteiger partial charge in [0, 0.05) is 5.56 Å². The largest absolute Gasteiger partial charge is 0.507 e. The van der Waals surface area contributed by atoms with Crippen molar-refractivity contribution in [1.29, 1.82) is 0 Å². The molecule has 36 heavy (non-hydrogen) atoms. The van der Waals surface area contributed by atoms with Gasteiger partial charge in [0.25, 0.3) is 5.78 Å². The average molecular weight is 505 g/mol. The second-order valence-corrected chi connectivity index (χ2v) is 10.5. The Morgan fingerprint density at radius 3 is 2.31 bits per heavy atom. The predicted octanol–water partition coefficient (Wildman–Crippen LogP) is 5.55. The Morgan fingerprint density at radius 1 is 1.08 bits per heavy atom. The Morgan fingerprint density at radius 2 is 1.72 bits per heavy atom. The first-order chi connectivity index (χ1) is 17.0. The van der Waals surface area contributed by atoms with Gasteiger partial charge in [-0.3, -0.25) is 14.5 Å². The van der Waals surface area contributed by atoms with Gasteiger partial charge in [-0.2, -0.15) is 0 Å². The molecule has 2 aromatic carbocycles. The van der Waals surface area contributed by atoms with Gasteiger partial charge >= 0.3 is 11.9 Å². The van der Waals surface area contributed by atoms with Crippen molar-refractivity contribution < 1.29 is 24.2 Å². The molecule has 7 nitrogen and oxygen atoms in total. The third-order valence-corrected chi connectivity index (χ3v) is 7.17. The molecule has 1 amide bonds. The van der Waals surface area contributed by atoms with Crippen molar-refractivity contribution in [2.75, 3.05) is 11.5 Å². The van der Waals surface area contributed by atoms with Crippen LogP contribution in [0, 0.1) is 6.92 Å². The number of esters is 1. The fourth-order valence-corrected chi connectivity index (χ4v) is 5.12. The molecule has 8 heteroatoms. The molecule has 2 heterocycles. The summed E-state index contributed by atoms with van der Waals surface area (Å²) in [5.41, 5.74) is 2.44. The molecule has 1 saturated heterocycles. The number of hydrogen-bond acceptors (Lipinski definition) is 7. The van der Waals surface area contributed by atoms with Crippen LogP contribution in [0.5, 0.6) is 0 Å². The van der Waals surface area contributed by atoms with Crippen LogP contribution in [-0.2, 0) is 19.7 Å². The lowest BCUT2D eigenvalue weighted by Crippen LogP contribution is -2.29. The zero-order valence-corrected chi connectivity index (χ0v) is 21.7. The zero-order chi connectivity index (χ0) is 26.2. The Labute approximate surface area is 214 Å². The lowest BCUT2D eigenvalue weighted by Gasteiger charge is -2.24. The van der Waals surface area contributed by atoms with Crippen LogP contribution in [-0.4, -0.2) is 34.4 Å². The number of ether oxygens (including phenoxy) is 1. The number of aryl methyl sites for hydroxylation is 1. The van der Waals surface area contributed by atoms with Crippen LogP contribution >= 0.6 is 11.3 Å². The van der Waals surface area contributed by atoms with E-state index >= 15 is 0 Å². The van der Waals surface area contributed by atoms with Gasteiger partial charge in [0.2, 0.25) is 0 Å². The van der Waals surface area contributed by atoms with Crippen LogP contribution in [0.15, 0.2) is 60.2 Å². The van der Waals surface area contributed by atoms with Crippen molar-refractivity contribution in [2.24, 2.45) is 0 Å². The van der Waals surface area contributed by atoms with E-state index in [1.54, 1.807) is 44.2 Å². The van der Waals surface area contributed by atoms with Gasteiger partial charge in [-0.25, -0.2) is 9.78 Å². The number of hydrogen-bond donors (Lipinski definition) is 1. The fourth-order valence-electron chi connectivity index (χ4n) is 4.13. The molecule has 4 rings (SSSR count). The van der Waals surface area contributed by atoms with Gasteiger partial charge in [0.05, 0.1) is 23.9 Å². The van der Waals surface area contributed by atoms with E-state index < -0.39 is 23.7 Å². The number of nitrogens with zero attached hydrogens (tertiary/aromatic N) is 2. The van der Waals surface area contributed by atoms with Crippen molar-refractivity contribution >= 4 is 39.9 Å². The Bertz CT molecular complexity index is 1350. The van der Waals surface area contributed by atoms with E-state index in [1.807, 2.05) is 24.3 Å². The number of rotatable bonds is 5. The summed E-state index contributed by atoms with van der Waals surface area (Å²) in [7, 11) is 0. The number of thiazole rings is 1. The summed E-state index contributed by atoms with van der Waals surface area (Å²) in [6.07, 6.45) is 0. The normalized spacial score (nSPS) is 17.5. The van der Waals surface area contributed by atoms with E-state index in [0.29, 0.717) is 16.8 Å². The fraction of sp³-hybridized carbons (Fsp3) is 0.286. The SMILES string of the molecule is CCOC(=O)c1sc(N2C(=O)C(=O)/C(=C(/O)c3ccccc3)C2c2ccc(C(C)(C)C)cc2)nc1C. The third kappa shape index (κ3) is 4.56. The second kappa shape index (κ2) is 9.70. The molecule has 186 valence electrons. The van der Waals surface area contributed by atoms with E-state index in [9.17, 15) is 19.5 Å². The molecule has 1 aromatic heterocycles. The number of aliphatic hydroxyl groups excluding tert-OH is 1. The highest BCUT2D eigenvalue weighted by atomic mass is 32.1. The Kier molecular flexibility index (Phi) is 6.82. The molecule has 1 fully saturated rings. The number of ketones is 1. The number of amides is 1. The highest BCUT2D eigenvalue weighted by Crippen LogP contribution is 2.44. The maximum absolute atomic E-state index is 13.4. The lowest BCUT2D eigenvalue weighted by molar-refractivity contribution is -0.132. The lowest BCUT2D eigenvalue weighted by atomic mass is 9.85. The van der Waals surface area contributed by atoms with Crippen LogP contribution in [0.3, 0.4) is 0 Å². The maximum Gasteiger partial charge on any atom is 0.350 e. The van der Waals surface area contributed by atoms with E-state index in [0.717, 1.165) is 16.9 Å². The molecule has 0 spiro atoms. The van der Waals surface area contributed by atoms with Gasteiger partial charge in [-0.05, 0) is 30.4 Å². The van der Waals surface area contributed by atoms with Gasteiger partial charge in [-0.15, -0.1) is 0 Å². The molecule has 0 radical (unpaired) electrons. The molecule has 1 N–H and O–H groups in total. The number of aliphatic hydroxyl groups is 1. The highest BCUT2D eigenvalue weighted by molar-refractivity contribution is 7.17. The summed E-state index contributed by atoms with van der Waals surface area (Å²) in [5.74, 6) is -2.43. The Balaban J connectivity index is 1.90. The van der Waals surface area contributed by atoms with E-state index in [4.69, 9.17) is 4.74 Å². The first kappa shape index (κ1) is 25.3. The molecular weight excluding hydrogens is 476 g/mol. The van der Waals surface area contributed by atoms with Crippen molar-refractivity contribution in [3.63, 3.8) is 0 Å². The number of carbonyl (C=O) groups excluding carboxylic acids is 3. The molecule has 0 saturated carbocycles. The van der Waals surface area contributed by atoms with Crippen LogP contribution in [0.2, 0.25) is 0 Å². The minimum absolute atomic E-state index is 0.0275. The van der Waals surface area contributed by atoms with E-state index in [-0.39, 0.29) is 33.4 Å². The summed E-state index contributed by atoms with van der Waals surface area (Å²) in [4.78, 5) is 45.1. The minimum atomic E-state index is -0.917. The van der Waals surface area contributed by atoms with Crippen LogP contribution in [0.4, 0.5) is 5.13 Å². The molecule has 1 unspecified atom stereocenters. The molecule has 1 aliphatic rings. The van der Waals surface area contributed by atoms with Gasteiger partial charge < -0.3 is 9.84 Å². The number of Topliss-reactive ketones (excluding diaryl/α,β-unsaturated/α-hetero) is 1. The zero-order valence-electron chi connectivity index (χ0n) is 20.9. The molecule has 0 aliphatic carbocycles. The van der Waals surface area contributed by atoms with E-state index in [2.05, 4.69) is 25.8 Å². The van der Waals surface area contributed by atoms with Crippen molar-refractivity contribution in [2.45, 2.75) is 46.1 Å². The highest BCUT2D eigenvalue weighted by Gasteiger charge is 2.48. The number of benzene rings is 2. The number of anilines is 1. The molecule has 1 aliphatic heterocycles. The molecular formula is C28H28N2O5S. The third-order valence-electron chi connectivity index (χ3n) is 6.04. The smallest absolute Gasteiger partial charge is 0.350 e. The summed E-state index contributed by atoms with van der Waals surface area (Å²) in [6, 6.07) is 15.3. The maximum atomic E-state index is 13.4. The first-order valence-electron chi connectivity index (χ1n) is 11.7. The van der Waals surface area contributed by atoms with Crippen LogP contribution < -0.4 is 4.90 Å². The predicted molar refractivity (Wildman–Crippen MR) is 139 cm³/mol. The molecule has 3 aromatic rings. The minimum Gasteiger partial charge on any atom is -0.507 e. The molecule has 1 atom stereocenters. The van der Waals surface area contributed by atoms with Crippen LogP contribution in [0.25, 0.3) is 5.76 Å². The molecule has 0 bridgehead atoms. The van der Waals surface area contributed by atoms with Crippen LogP contribution in [0.1, 0.15) is 65.8 Å². The van der Waals surface area contributed by atoms with Gasteiger partial charge in [0.1, 0.15) is 10.6 Å². The number of aromatic nitrogens is 1. The van der Waals surface area contributed by atoms with Crippen molar-refractivity contribution in [3.05, 3.63) is 87.4 Å². The van der Waals surface area contributed by atoms with Crippen molar-refractivity contribution in [3.8, 4) is 0 Å². The summed E-state index contributed by atoms with van der Waals surface area (Å²) < 4.78 is 5.12. The summed E-state index contributed by atoms with van der Waals surface area (Å²) >= 11 is 0.989. The number of carbonyl (C=O) groups is 3. The summed E-state index contributed by atoms with van der Waals surface area (Å²) in [6.45, 7) is 9.85. The van der Waals surface area contributed by atoms with Gasteiger partial charge in [-0.1, -0.05) is 86.7 Å². The van der Waals surface area contributed by atoms with Gasteiger partial charge in [0.15, 0.2) is 5.13 Å². The monoisotopic (exact) mass is 504 g/mol. The quantitative estimate of drug-likeness (QED) is 0.212. The summed E-state index contributed by atoms with van der Waals surface area (Å²) in [5, 5.41) is 11.4. The second-order valence-electron chi connectivity index (χ2n) is 9.54. The Hall–Kier alpha value is -3.78. The first-order valence-corrected chi connectivity index (χ1v) is 12.5. The van der Waals surface area contributed by atoms with E-state index in [1.165, 1.54) is 4.90 Å².